The highest BCUT2D eigenvalue weighted by Gasteiger charge is 2.06. The van der Waals surface area contributed by atoms with Crippen LogP contribution in [-0.4, -0.2) is 45.8 Å². The second-order valence-corrected chi connectivity index (χ2v) is 6.72. The van der Waals surface area contributed by atoms with Crippen LogP contribution in [0.3, 0.4) is 0 Å². The van der Waals surface area contributed by atoms with E-state index in [1.54, 1.807) is 24.7 Å². The van der Waals surface area contributed by atoms with E-state index < -0.39 is 0 Å². The molecule has 140 valence electrons. The Morgan fingerprint density at radius 2 is 2.00 bits per heavy atom. The van der Waals surface area contributed by atoms with Crippen LogP contribution in [0.2, 0.25) is 0 Å². The van der Waals surface area contributed by atoms with Crippen molar-refractivity contribution < 1.29 is 0 Å². The van der Waals surface area contributed by atoms with Gasteiger partial charge < -0.3 is 15.2 Å². The zero-order valence-corrected chi connectivity index (χ0v) is 18.5. The van der Waals surface area contributed by atoms with E-state index in [4.69, 9.17) is 0 Å². The van der Waals surface area contributed by atoms with E-state index >= 15 is 0 Å². The molecule has 0 saturated carbocycles. The molecule has 0 fully saturated rings. The van der Waals surface area contributed by atoms with Crippen LogP contribution >= 0.6 is 35.3 Å². The molecule has 2 rings (SSSR count). The van der Waals surface area contributed by atoms with Gasteiger partial charge in [0.15, 0.2) is 5.96 Å². The molecule has 2 heterocycles. The molecule has 0 aromatic carbocycles. The third-order valence-corrected chi connectivity index (χ3v) is 4.86. The minimum atomic E-state index is 0. The lowest BCUT2D eigenvalue weighted by molar-refractivity contribution is 0.632. The Kier molecular flexibility index (Phi) is 9.94. The van der Waals surface area contributed by atoms with Gasteiger partial charge in [-0.25, -0.2) is 4.98 Å². The first-order valence-corrected chi connectivity index (χ1v) is 9.25. The molecular weight excluding hydrogens is 449 g/mol. The molecule has 0 spiro atoms. The molecule has 0 unspecified atom stereocenters. The molecule has 0 aliphatic rings. The number of hydrogen-bond acceptors (Lipinski definition) is 5. The highest BCUT2D eigenvalue weighted by Crippen LogP contribution is 2.17. The largest absolute Gasteiger partial charge is 0.356 e. The van der Waals surface area contributed by atoms with Crippen molar-refractivity contribution in [3.8, 4) is 0 Å². The summed E-state index contributed by atoms with van der Waals surface area (Å²) in [4.78, 5) is 10.3. The Morgan fingerprint density at radius 1 is 1.24 bits per heavy atom. The summed E-state index contributed by atoms with van der Waals surface area (Å²) in [6, 6.07) is 0. The zero-order valence-electron chi connectivity index (χ0n) is 15.4. The maximum atomic E-state index is 4.67. The van der Waals surface area contributed by atoms with Crippen molar-refractivity contribution in [1.82, 2.24) is 30.4 Å². The third-order valence-electron chi connectivity index (χ3n) is 3.78. The highest BCUT2D eigenvalue weighted by atomic mass is 127. The van der Waals surface area contributed by atoms with Crippen molar-refractivity contribution in [3.63, 3.8) is 0 Å². The lowest BCUT2D eigenvalue weighted by Crippen LogP contribution is -2.39. The Morgan fingerprint density at radius 3 is 2.64 bits per heavy atom. The standard InChI is InChI=1S/C16H27N7S.HI/c1-5-13-12(3)24-15(21-13)7-8-18-16(17-4)19-9-10-23-11-20-22-14(23)6-2;/h11H,5-10H2,1-4H3,(H2,17,18,19);1H. The van der Waals surface area contributed by atoms with Gasteiger partial charge in [0.25, 0.3) is 0 Å². The zero-order chi connectivity index (χ0) is 17.4. The van der Waals surface area contributed by atoms with Crippen LogP contribution in [0.25, 0.3) is 0 Å². The van der Waals surface area contributed by atoms with Gasteiger partial charge in [-0.15, -0.1) is 45.5 Å². The third kappa shape index (κ3) is 6.53. The fourth-order valence-electron chi connectivity index (χ4n) is 2.47. The number of nitrogens with one attached hydrogen (secondary N) is 2. The summed E-state index contributed by atoms with van der Waals surface area (Å²) < 4.78 is 2.06. The van der Waals surface area contributed by atoms with E-state index in [2.05, 4.69) is 56.1 Å². The molecule has 2 N–H and O–H groups in total. The number of nitrogens with zero attached hydrogens (tertiary/aromatic N) is 5. The van der Waals surface area contributed by atoms with Crippen molar-refractivity contribution in [3.05, 3.63) is 27.7 Å². The summed E-state index contributed by atoms with van der Waals surface area (Å²) in [6.07, 6.45) is 4.58. The minimum Gasteiger partial charge on any atom is -0.356 e. The van der Waals surface area contributed by atoms with Gasteiger partial charge in [-0.05, 0) is 13.3 Å². The molecule has 7 nitrogen and oxygen atoms in total. The number of aromatic nitrogens is 4. The molecule has 0 amide bonds. The monoisotopic (exact) mass is 477 g/mol. The van der Waals surface area contributed by atoms with E-state index in [1.165, 1.54) is 15.6 Å². The number of guanidine groups is 1. The molecule has 0 atom stereocenters. The first-order valence-electron chi connectivity index (χ1n) is 8.44. The van der Waals surface area contributed by atoms with Crippen LogP contribution in [0.5, 0.6) is 0 Å². The van der Waals surface area contributed by atoms with Crippen LogP contribution in [0.15, 0.2) is 11.3 Å². The quantitative estimate of drug-likeness (QED) is 0.346. The Labute approximate surface area is 170 Å². The maximum Gasteiger partial charge on any atom is 0.191 e. The average molecular weight is 477 g/mol. The fraction of sp³-hybridized carbons (Fsp3) is 0.625. The summed E-state index contributed by atoms with van der Waals surface area (Å²) in [7, 11) is 1.79. The summed E-state index contributed by atoms with van der Waals surface area (Å²) in [5.74, 6) is 1.82. The minimum absolute atomic E-state index is 0. The normalized spacial score (nSPS) is 11.3. The first kappa shape index (κ1) is 21.8. The van der Waals surface area contributed by atoms with E-state index in [0.717, 1.165) is 50.7 Å². The van der Waals surface area contributed by atoms with Gasteiger partial charge in [-0.3, -0.25) is 4.99 Å². The van der Waals surface area contributed by atoms with Gasteiger partial charge in [0.1, 0.15) is 12.2 Å². The van der Waals surface area contributed by atoms with Gasteiger partial charge in [0.2, 0.25) is 0 Å². The lowest BCUT2D eigenvalue weighted by atomic mass is 10.3. The molecule has 0 bridgehead atoms. The molecule has 2 aromatic rings. The molecular formula is C16H28IN7S. The van der Waals surface area contributed by atoms with E-state index in [9.17, 15) is 0 Å². The first-order chi connectivity index (χ1) is 11.7. The van der Waals surface area contributed by atoms with Crippen molar-refractivity contribution in [1.29, 1.82) is 0 Å². The van der Waals surface area contributed by atoms with Crippen molar-refractivity contribution in [2.75, 3.05) is 20.1 Å². The second kappa shape index (κ2) is 11.4. The van der Waals surface area contributed by atoms with E-state index in [0.29, 0.717) is 0 Å². The van der Waals surface area contributed by atoms with Crippen LogP contribution < -0.4 is 10.6 Å². The predicted molar refractivity (Wildman–Crippen MR) is 114 cm³/mol. The number of aliphatic imine (C=N–C) groups is 1. The van der Waals surface area contributed by atoms with Gasteiger partial charge in [0.05, 0.1) is 10.7 Å². The van der Waals surface area contributed by atoms with Gasteiger partial charge >= 0.3 is 0 Å². The van der Waals surface area contributed by atoms with Gasteiger partial charge in [0, 0.05) is 44.4 Å². The number of thiazole rings is 1. The summed E-state index contributed by atoms with van der Waals surface area (Å²) >= 11 is 1.79. The molecule has 25 heavy (non-hydrogen) atoms. The van der Waals surface area contributed by atoms with Crippen LogP contribution in [0.1, 0.15) is 35.3 Å². The second-order valence-electron chi connectivity index (χ2n) is 5.43. The number of rotatable bonds is 8. The van der Waals surface area contributed by atoms with Crippen molar-refractivity contribution in [2.45, 2.75) is 46.6 Å². The number of halogens is 1. The fourth-order valence-corrected chi connectivity index (χ4v) is 3.49. The maximum absolute atomic E-state index is 4.67. The molecule has 9 heteroatoms. The van der Waals surface area contributed by atoms with Gasteiger partial charge in [-0.2, -0.15) is 0 Å². The van der Waals surface area contributed by atoms with Gasteiger partial charge in [-0.1, -0.05) is 13.8 Å². The molecule has 0 radical (unpaired) electrons. The number of hydrogen-bond donors (Lipinski definition) is 2. The molecule has 0 saturated heterocycles. The Bertz CT molecular complexity index is 665. The highest BCUT2D eigenvalue weighted by molar-refractivity contribution is 14.0. The van der Waals surface area contributed by atoms with E-state index in [1.807, 2.05) is 0 Å². The van der Waals surface area contributed by atoms with Crippen molar-refractivity contribution >= 4 is 41.3 Å². The molecule has 0 aliphatic heterocycles. The smallest absolute Gasteiger partial charge is 0.191 e. The summed E-state index contributed by atoms with van der Waals surface area (Å²) in [5.41, 5.74) is 1.22. The Balaban J connectivity index is 0.00000312. The summed E-state index contributed by atoms with van der Waals surface area (Å²) in [6.45, 7) is 8.80. The molecule has 0 aliphatic carbocycles. The number of aryl methyl sites for hydroxylation is 3. The van der Waals surface area contributed by atoms with Crippen LogP contribution in [0.4, 0.5) is 0 Å². The van der Waals surface area contributed by atoms with Crippen LogP contribution in [-0.2, 0) is 25.8 Å². The SMILES string of the molecule is CCc1nc(CCNC(=NC)NCCn2cnnc2CC)sc1C.I. The molecule has 2 aromatic heterocycles. The predicted octanol–water partition coefficient (Wildman–Crippen LogP) is 2.19. The van der Waals surface area contributed by atoms with E-state index in [-0.39, 0.29) is 24.0 Å². The lowest BCUT2D eigenvalue weighted by Gasteiger charge is -2.12. The average Bonchev–Trinajstić information content (AvgIpc) is 3.19. The van der Waals surface area contributed by atoms with Crippen molar-refractivity contribution in [2.24, 2.45) is 4.99 Å². The summed E-state index contributed by atoms with van der Waals surface area (Å²) in [5, 5.41) is 15.9. The van der Waals surface area contributed by atoms with Crippen LogP contribution in [0, 0.1) is 6.92 Å². The Hall–Kier alpha value is -1.23. The topological polar surface area (TPSA) is 80.0 Å².